The van der Waals surface area contributed by atoms with Crippen molar-refractivity contribution in [1.82, 2.24) is 14.9 Å². The molecule has 1 aromatic heterocycles. The molecule has 1 unspecified atom stereocenters. The maximum absolute atomic E-state index is 12.7. The zero-order chi connectivity index (χ0) is 14.5. The molecule has 1 aromatic rings. The number of amides is 1. The summed E-state index contributed by atoms with van der Waals surface area (Å²) < 4.78 is 18.3. The number of halogens is 1. The summed E-state index contributed by atoms with van der Waals surface area (Å²) in [6.45, 7) is 5.01. The number of nitrogens with zero attached hydrogens (tertiary/aromatic N) is 3. The third kappa shape index (κ3) is 4.01. The first kappa shape index (κ1) is 14.4. The minimum atomic E-state index is -0.499. The van der Waals surface area contributed by atoms with Crippen LogP contribution < -0.4 is 4.74 Å². The van der Waals surface area contributed by atoms with E-state index in [0.717, 1.165) is 37.4 Å². The van der Waals surface area contributed by atoms with Crippen LogP contribution in [-0.2, 0) is 4.79 Å². The summed E-state index contributed by atoms with van der Waals surface area (Å²) in [6, 6.07) is 0.146. The van der Waals surface area contributed by atoms with Crippen molar-refractivity contribution in [2.75, 3.05) is 13.1 Å². The van der Waals surface area contributed by atoms with E-state index in [-0.39, 0.29) is 18.0 Å². The maximum Gasteiger partial charge on any atom is 0.316 e. The Balaban J connectivity index is 1.95. The van der Waals surface area contributed by atoms with Gasteiger partial charge in [0.1, 0.15) is 6.10 Å². The molecule has 0 bridgehead atoms. The number of rotatable bonds is 3. The van der Waals surface area contributed by atoms with Crippen LogP contribution in [-0.4, -0.2) is 40.0 Å². The normalized spacial score (nSPS) is 18.6. The summed E-state index contributed by atoms with van der Waals surface area (Å²) in [5.41, 5.74) is 0.972. The first-order chi connectivity index (χ1) is 9.54. The average Bonchev–Trinajstić information content (AvgIpc) is 2.41. The molecule has 6 heteroatoms. The summed E-state index contributed by atoms with van der Waals surface area (Å²) in [7, 11) is 0. The van der Waals surface area contributed by atoms with Gasteiger partial charge in [-0.3, -0.25) is 4.79 Å². The third-order valence-electron chi connectivity index (χ3n) is 2.97. The first-order valence-corrected chi connectivity index (χ1v) is 6.62. The Morgan fingerprint density at radius 3 is 2.80 bits per heavy atom. The second-order valence-electron chi connectivity index (χ2n) is 5.07. The van der Waals surface area contributed by atoms with E-state index in [9.17, 15) is 9.18 Å². The van der Waals surface area contributed by atoms with Crippen LogP contribution in [0.25, 0.3) is 0 Å². The van der Waals surface area contributed by atoms with E-state index in [0.29, 0.717) is 6.54 Å². The minimum Gasteiger partial charge on any atom is -0.458 e. The highest BCUT2D eigenvalue weighted by atomic mass is 19.1. The van der Waals surface area contributed by atoms with E-state index in [4.69, 9.17) is 4.74 Å². The second-order valence-corrected chi connectivity index (χ2v) is 5.07. The Labute approximate surface area is 117 Å². The predicted octanol–water partition coefficient (Wildman–Crippen LogP) is 1.95. The Bertz CT molecular complexity index is 498. The lowest BCUT2D eigenvalue weighted by Crippen LogP contribution is -2.44. The highest BCUT2D eigenvalue weighted by molar-refractivity contribution is 5.88. The van der Waals surface area contributed by atoms with Crippen LogP contribution >= 0.6 is 0 Å². The molecule has 1 atom stereocenters. The van der Waals surface area contributed by atoms with Crippen LogP contribution in [0, 0.1) is 5.82 Å². The smallest absolute Gasteiger partial charge is 0.316 e. The summed E-state index contributed by atoms with van der Waals surface area (Å²) in [5.74, 6) is -0.500. The molecule has 1 amide bonds. The molecule has 20 heavy (non-hydrogen) atoms. The molecule has 1 saturated heterocycles. The van der Waals surface area contributed by atoms with Crippen molar-refractivity contribution in [3.63, 3.8) is 0 Å². The third-order valence-corrected chi connectivity index (χ3v) is 2.97. The summed E-state index contributed by atoms with van der Waals surface area (Å²) in [6.07, 6.45) is 5.31. The molecule has 2 heterocycles. The highest BCUT2D eigenvalue weighted by Crippen LogP contribution is 2.16. The fourth-order valence-electron chi connectivity index (χ4n) is 2.08. The molecule has 1 aliphatic rings. The number of aromatic nitrogens is 2. The molecule has 0 aromatic carbocycles. The minimum absolute atomic E-state index is 0.00155. The molecule has 0 saturated carbocycles. The number of hydrogen-bond donors (Lipinski definition) is 0. The van der Waals surface area contributed by atoms with E-state index in [2.05, 4.69) is 9.97 Å². The Morgan fingerprint density at radius 1 is 1.45 bits per heavy atom. The van der Waals surface area contributed by atoms with Gasteiger partial charge in [-0.1, -0.05) is 5.57 Å². The van der Waals surface area contributed by atoms with Crippen LogP contribution in [0.15, 0.2) is 24.0 Å². The molecule has 0 spiro atoms. The van der Waals surface area contributed by atoms with Crippen molar-refractivity contribution in [2.24, 2.45) is 0 Å². The van der Waals surface area contributed by atoms with Gasteiger partial charge in [0.25, 0.3) is 0 Å². The maximum atomic E-state index is 12.7. The van der Waals surface area contributed by atoms with Crippen molar-refractivity contribution < 1.29 is 13.9 Å². The molecular formula is C14H18FN3O2. The van der Waals surface area contributed by atoms with Crippen molar-refractivity contribution in [3.05, 3.63) is 29.9 Å². The van der Waals surface area contributed by atoms with Crippen molar-refractivity contribution in [2.45, 2.75) is 32.8 Å². The molecule has 0 radical (unpaired) electrons. The zero-order valence-electron chi connectivity index (χ0n) is 11.7. The topological polar surface area (TPSA) is 55.3 Å². The van der Waals surface area contributed by atoms with Gasteiger partial charge >= 0.3 is 6.01 Å². The monoisotopic (exact) mass is 279 g/mol. The Hall–Kier alpha value is -1.98. The van der Waals surface area contributed by atoms with Gasteiger partial charge in [-0.2, -0.15) is 0 Å². The van der Waals surface area contributed by atoms with Crippen molar-refractivity contribution in [3.8, 4) is 6.01 Å². The van der Waals surface area contributed by atoms with E-state index >= 15 is 0 Å². The van der Waals surface area contributed by atoms with Crippen molar-refractivity contribution in [1.29, 1.82) is 0 Å². The van der Waals surface area contributed by atoms with Crippen LogP contribution in [0.3, 0.4) is 0 Å². The van der Waals surface area contributed by atoms with Gasteiger partial charge in [-0.05, 0) is 26.7 Å². The van der Waals surface area contributed by atoms with Gasteiger partial charge in [-0.25, -0.2) is 14.4 Å². The van der Waals surface area contributed by atoms with E-state index in [1.165, 1.54) is 0 Å². The standard InChI is InChI=1S/C14H18FN3O2/c1-10(2)6-13(19)18-5-3-4-12(9-18)20-14-16-7-11(15)8-17-14/h6-8,12H,3-5,9H2,1-2H3. The average molecular weight is 279 g/mol. The lowest BCUT2D eigenvalue weighted by atomic mass is 10.1. The molecule has 108 valence electrons. The van der Waals surface area contributed by atoms with E-state index in [1.54, 1.807) is 11.0 Å². The number of ether oxygens (including phenoxy) is 1. The summed E-state index contributed by atoms with van der Waals surface area (Å²) in [5, 5.41) is 0. The second kappa shape index (κ2) is 6.45. The molecule has 2 rings (SSSR count). The predicted molar refractivity (Wildman–Crippen MR) is 71.7 cm³/mol. The van der Waals surface area contributed by atoms with Crippen molar-refractivity contribution >= 4 is 5.91 Å². The molecular weight excluding hydrogens is 261 g/mol. The lowest BCUT2D eigenvalue weighted by molar-refractivity contribution is -0.128. The highest BCUT2D eigenvalue weighted by Gasteiger charge is 2.24. The van der Waals surface area contributed by atoms with Crippen LogP contribution in [0.5, 0.6) is 6.01 Å². The fraction of sp³-hybridized carbons (Fsp3) is 0.500. The quantitative estimate of drug-likeness (QED) is 0.794. The van der Waals surface area contributed by atoms with Gasteiger partial charge in [0, 0.05) is 12.6 Å². The van der Waals surface area contributed by atoms with Gasteiger partial charge in [-0.15, -0.1) is 0 Å². The van der Waals surface area contributed by atoms with Gasteiger partial charge < -0.3 is 9.64 Å². The largest absolute Gasteiger partial charge is 0.458 e. The molecule has 1 fully saturated rings. The molecule has 1 aliphatic heterocycles. The number of carbonyl (C=O) groups excluding carboxylic acids is 1. The first-order valence-electron chi connectivity index (χ1n) is 6.62. The zero-order valence-corrected chi connectivity index (χ0v) is 11.7. The van der Waals surface area contributed by atoms with Gasteiger partial charge in [0.2, 0.25) is 5.91 Å². The fourth-order valence-corrected chi connectivity index (χ4v) is 2.08. The summed E-state index contributed by atoms with van der Waals surface area (Å²) >= 11 is 0. The number of likely N-dealkylation sites (tertiary alicyclic amines) is 1. The lowest BCUT2D eigenvalue weighted by Gasteiger charge is -2.31. The molecule has 5 nitrogen and oxygen atoms in total. The summed E-state index contributed by atoms with van der Waals surface area (Å²) in [4.78, 5) is 21.3. The van der Waals surface area contributed by atoms with Gasteiger partial charge in [0.05, 0.1) is 18.9 Å². The Morgan fingerprint density at radius 2 is 2.15 bits per heavy atom. The van der Waals surface area contributed by atoms with Crippen LogP contribution in [0.4, 0.5) is 4.39 Å². The number of allylic oxidation sites excluding steroid dienone is 1. The SMILES string of the molecule is CC(C)=CC(=O)N1CCCC(Oc2ncc(F)cn2)C1. The number of hydrogen-bond acceptors (Lipinski definition) is 4. The van der Waals surface area contributed by atoms with Crippen LogP contribution in [0.1, 0.15) is 26.7 Å². The Kier molecular flexibility index (Phi) is 4.65. The molecule has 0 N–H and O–H groups in total. The number of carbonyl (C=O) groups is 1. The van der Waals surface area contributed by atoms with E-state index in [1.807, 2.05) is 13.8 Å². The van der Waals surface area contributed by atoms with Crippen LogP contribution in [0.2, 0.25) is 0 Å². The van der Waals surface area contributed by atoms with E-state index < -0.39 is 5.82 Å². The number of piperidine rings is 1. The molecule has 0 aliphatic carbocycles. The van der Waals surface area contributed by atoms with Gasteiger partial charge in [0.15, 0.2) is 5.82 Å².